The summed E-state index contributed by atoms with van der Waals surface area (Å²) in [5.41, 5.74) is 5.11. The highest BCUT2D eigenvalue weighted by atomic mass is 16.3. The number of hydrazone groups is 1. The van der Waals surface area contributed by atoms with Crippen LogP contribution in [0.1, 0.15) is 43.6 Å². The number of aliphatic hydroxyl groups is 1. The second kappa shape index (κ2) is 7.20. The van der Waals surface area contributed by atoms with Gasteiger partial charge in [-0.25, -0.2) is 5.43 Å². The van der Waals surface area contributed by atoms with Crippen molar-refractivity contribution < 1.29 is 9.90 Å². The molecular weight excluding hydrogens is 288 g/mol. The summed E-state index contributed by atoms with van der Waals surface area (Å²) in [5.74, 6) is -0.557. The maximum atomic E-state index is 11.8. The van der Waals surface area contributed by atoms with E-state index in [4.69, 9.17) is 0 Å². The molecule has 2 rings (SSSR count). The van der Waals surface area contributed by atoms with Crippen LogP contribution in [0.5, 0.6) is 0 Å². The maximum Gasteiger partial charge on any atom is 0.273 e. The number of carbonyl (C=O) groups excluding carboxylic acids is 1. The average molecular weight is 310 g/mol. The van der Waals surface area contributed by atoms with E-state index in [1.165, 1.54) is 5.56 Å². The lowest BCUT2D eigenvalue weighted by atomic mass is 9.87. The zero-order valence-electron chi connectivity index (χ0n) is 13.7. The fourth-order valence-electron chi connectivity index (χ4n) is 2.09. The molecule has 0 bridgehead atoms. The molecule has 0 saturated heterocycles. The zero-order valence-corrected chi connectivity index (χ0v) is 13.7. The minimum atomic E-state index is -1.23. The number of aliphatic hydroxyl groups excluding tert-OH is 1. The first-order chi connectivity index (χ1) is 10.9. The number of benzene rings is 2. The average Bonchev–Trinajstić information content (AvgIpc) is 2.54. The smallest absolute Gasteiger partial charge is 0.273 e. The number of rotatable bonds is 4. The molecule has 23 heavy (non-hydrogen) atoms. The Bertz CT molecular complexity index is 671. The molecule has 0 aliphatic rings. The fraction of sp³-hybridized carbons (Fsp3) is 0.263. The van der Waals surface area contributed by atoms with Crippen LogP contribution in [0.25, 0.3) is 0 Å². The molecule has 0 aliphatic heterocycles. The molecule has 2 N–H and O–H groups in total. The number of amides is 1. The van der Waals surface area contributed by atoms with E-state index in [1.807, 2.05) is 30.3 Å². The van der Waals surface area contributed by atoms with Gasteiger partial charge in [-0.2, -0.15) is 5.10 Å². The van der Waals surface area contributed by atoms with Crippen LogP contribution >= 0.6 is 0 Å². The topological polar surface area (TPSA) is 61.7 Å². The van der Waals surface area contributed by atoms with Gasteiger partial charge in [-0.05, 0) is 22.1 Å². The van der Waals surface area contributed by atoms with E-state index in [0.717, 1.165) is 5.56 Å². The summed E-state index contributed by atoms with van der Waals surface area (Å²) < 4.78 is 0. The molecule has 1 unspecified atom stereocenters. The van der Waals surface area contributed by atoms with Crippen molar-refractivity contribution in [3.05, 3.63) is 71.3 Å². The Kier molecular flexibility index (Phi) is 5.29. The van der Waals surface area contributed by atoms with Crippen LogP contribution in [0.3, 0.4) is 0 Å². The molecule has 0 fully saturated rings. The quantitative estimate of drug-likeness (QED) is 0.673. The zero-order chi connectivity index (χ0) is 16.9. The number of hydrogen-bond acceptors (Lipinski definition) is 3. The van der Waals surface area contributed by atoms with E-state index in [2.05, 4.69) is 31.3 Å². The SMILES string of the molecule is CC(C)(C)c1ccc(C=NNC(=O)C(O)c2ccccc2)cc1. The molecule has 4 heteroatoms. The van der Waals surface area contributed by atoms with E-state index in [-0.39, 0.29) is 5.41 Å². The van der Waals surface area contributed by atoms with Crippen molar-refractivity contribution >= 4 is 12.1 Å². The van der Waals surface area contributed by atoms with Crippen LogP contribution in [0, 0.1) is 0 Å². The van der Waals surface area contributed by atoms with Gasteiger partial charge in [-0.1, -0.05) is 75.4 Å². The summed E-state index contributed by atoms with van der Waals surface area (Å²) in [4.78, 5) is 11.8. The fourth-order valence-corrected chi connectivity index (χ4v) is 2.09. The maximum absolute atomic E-state index is 11.8. The molecule has 4 nitrogen and oxygen atoms in total. The Hall–Kier alpha value is -2.46. The third-order valence-electron chi connectivity index (χ3n) is 3.53. The number of hydrogen-bond donors (Lipinski definition) is 2. The number of carbonyl (C=O) groups is 1. The molecule has 0 spiro atoms. The van der Waals surface area contributed by atoms with Gasteiger partial charge in [0.25, 0.3) is 5.91 Å². The Labute approximate surface area is 136 Å². The van der Waals surface area contributed by atoms with E-state index < -0.39 is 12.0 Å². The third kappa shape index (κ3) is 4.76. The minimum absolute atomic E-state index is 0.101. The van der Waals surface area contributed by atoms with Crippen molar-refractivity contribution in [2.24, 2.45) is 5.10 Å². The Balaban J connectivity index is 1.95. The summed E-state index contributed by atoms with van der Waals surface area (Å²) in [6.07, 6.45) is 0.332. The predicted octanol–water partition coefficient (Wildman–Crippen LogP) is 3.17. The molecule has 2 aromatic rings. The third-order valence-corrected chi connectivity index (χ3v) is 3.53. The van der Waals surface area contributed by atoms with Crippen LogP contribution in [-0.4, -0.2) is 17.2 Å². The van der Waals surface area contributed by atoms with Crippen molar-refractivity contribution in [3.8, 4) is 0 Å². The molecule has 0 aromatic heterocycles. The second-order valence-electron chi connectivity index (χ2n) is 6.42. The van der Waals surface area contributed by atoms with Crippen molar-refractivity contribution in [2.45, 2.75) is 32.3 Å². The van der Waals surface area contributed by atoms with Crippen LogP contribution in [0.2, 0.25) is 0 Å². The Morgan fingerprint density at radius 2 is 1.70 bits per heavy atom. The van der Waals surface area contributed by atoms with Gasteiger partial charge in [-0.3, -0.25) is 4.79 Å². The lowest BCUT2D eigenvalue weighted by Gasteiger charge is -2.18. The Morgan fingerprint density at radius 1 is 1.09 bits per heavy atom. The van der Waals surface area contributed by atoms with E-state index in [0.29, 0.717) is 5.56 Å². The Morgan fingerprint density at radius 3 is 2.26 bits per heavy atom. The summed E-state index contributed by atoms with van der Waals surface area (Å²) >= 11 is 0. The number of nitrogens with zero attached hydrogens (tertiary/aromatic N) is 1. The molecule has 0 saturated carbocycles. The molecule has 1 atom stereocenters. The van der Waals surface area contributed by atoms with Gasteiger partial charge in [0.05, 0.1) is 6.21 Å². The molecule has 0 heterocycles. The van der Waals surface area contributed by atoms with Crippen LogP contribution in [0.4, 0.5) is 0 Å². The molecule has 120 valence electrons. The monoisotopic (exact) mass is 310 g/mol. The van der Waals surface area contributed by atoms with Crippen molar-refractivity contribution in [1.29, 1.82) is 0 Å². The standard InChI is InChI=1S/C19H22N2O2/c1-19(2,3)16-11-9-14(10-12-16)13-20-21-18(23)17(22)15-7-5-4-6-8-15/h4-13,17,22H,1-3H3,(H,21,23). The first-order valence-corrected chi connectivity index (χ1v) is 7.54. The first-order valence-electron chi connectivity index (χ1n) is 7.54. The lowest BCUT2D eigenvalue weighted by molar-refractivity contribution is -0.129. The first kappa shape index (κ1) is 16.9. The van der Waals surface area contributed by atoms with Crippen molar-refractivity contribution in [2.75, 3.05) is 0 Å². The predicted molar refractivity (Wildman–Crippen MR) is 92.3 cm³/mol. The van der Waals surface area contributed by atoms with Gasteiger partial charge in [0.1, 0.15) is 0 Å². The van der Waals surface area contributed by atoms with E-state index >= 15 is 0 Å². The summed E-state index contributed by atoms with van der Waals surface area (Å²) in [5, 5.41) is 13.8. The molecule has 1 amide bonds. The highest BCUT2D eigenvalue weighted by Gasteiger charge is 2.16. The van der Waals surface area contributed by atoms with Gasteiger partial charge in [-0.15, -0.1) is 0 Å². The van der Waals surface area contributed by atoms with E-state index in [9.17, 15) is 9.90 Å². The lowest BCUT2D eigenvalue weighted by Crippen LogP contribution is -2.25. The molecular formula is C19H22N2O2. The summed E-state index contributed by atoms with van der Waals surface area (Å²) in [7, 11) is 0. The normalized spacial score (nSPS) is 13.0. The van der Waals surface area contributed by atoms with Gasteiger partial charge >= 0.3 is 0 Å². The van der Waals surface area contributed by atoms with Crippen LogP contribution in [-0.2, 0) is 10.2 Å². The minimum Gasteiger partial charge on any atom is -0.378 e. The van der Waals surface area contributed by atoms with Gasteiger partial charge in [0.15, 0.2) is 6.10 Å². The molecule has 2 aromatic carbocycles. The van der Waals surface area contributed by atoms with E-state index in [1.54, 1.807) is 30.5 Å². The highest BCUT2D eigenvalue weighted by Crippen LogP contribution is 2.21. The van der Waals surface area contributed by atoms with Crippen LogP contribution < -0.4 is 5.43 Å². The van der Waals surface area contributed by atoms with Crippen molar-refractivity contribution in [3.63, 3.8) is 0 Å². The second-order valence-corrected chi connectivity index (χ2v) is 6.42. The largest absolute Gasteiger partial charge is 0.378 e. The highest BCUT2D eigenvalue weighted by molar-refractivity contribution is 5.85. The summed E-state index contributed by atoms with van der Waals surface area (Å²) in [6.45, 7) is 6.46. The molecule has 0 aliphatic carbocycles. The summed E-state index contributed by atoms with van der Waals surface area (Å²) in [6, 6.07) is 16.7. The van der Waals surface area contributed by atoms with Gasteiger partial charge < -0.3 is 5.11 Å². The van der Waals surface area contributed by atoms with Crippen LogP contribution in [0.15, 0.2) is 59.7 Å². The number of nitrogens with one attached hydrogen (secondary N) is 1. The van der Waals surface area contributed by atoms with Gasteiger partial charge in [0.2, 0.25) is 0 Å². The van der Waals surface area contributed by atoms with Gasteiger partial charge in [0, 0.05) is 0 Å². The molecule has 0 radical (unpaired) electrons. The van der Waals surface area contributed by atoms with Crippen molar-refractivity contribution in [1.82, 2.24) is 5.43 Å².